The molecule has 0 spiro atoms. The fraction of sp³-hybridized carbons (Fsp3) is 1.00. The molecule has 132 valence electrons. The van der Waals surface area contributed by atoms with Crippen LogP contribution in [0, 0.1) is 0 Å². The molecule has 1 fully saturated rings. The van der Waals surface area contributed by atoms with E-state index >= 15 is 0 Å². The molecular formula is C18H40N4. The zero-order valence-corrected chi connectivity index (χ0v) is 16.3. The summed E-state index contributed by atoms with van der Waals surface area (Å²) >= 11 is 0. The zero-order valence-electron chi connectivity index (χ0n) is 16.3. The summed E-state index contributed by atoms with van der Waals surface area (Å²) in [5.74, 6) is 0. The SMILES string of the molecule is CC(C)N(CN1CCN(CN(C(C)C)C(C)C)CC1)C(C)C. The van der Waals surface area contributed by atoms with Crippen molar-refractivity contribution in [2.24, 2.45) is 0 Å². The lowest BCUT2D eigenvalue weighted by Gasteiger charge is -2.42. The van der Waals surface area contributed by atoms with Crippen molar-refractivity contribution in [2.45, 2.75) is 79.6 Å². The topological polar surface area (TPSA) is 13.0 Å². The Bertz CT molecular complexity index is 247. The van der Waals surface area contributed by atoms with Crippen LogP contribution >= 0.6 is 0 Å². The van der Waals surface area contributed by atoms with E-state index in [4.69, 9.17) is 0 Å². The summed E-state index contributed by atoms with van der Waals surface area (Å²) in [6.45, 7) is 25.4. The van der Waals surface area contributed by atoms with Crippen molar-refractivity contribution >= 4 is 0 Å². The number of rotatable bonds is 8. The molecule has 0 unspecified atom stereocenters. The second-order valence-corrected chi connectivity index (χ2v) is 7.92. The van der Waals surface area contributed by atoms with Crippen LogP contribution in [-0.4, -0.2) is 83.3 Å². The van der Waals surface area contributed by atoms with Crippen LogP contribution < -0.4 is 0 Å². The molecule has 0 amide bonds. The highest BCUT2D eigenvalue weighted by atomic mass is 15.4. The molecule has 0 bridgehead atoms. The summed E-state index contributed by atoms with van der Waals surface area (Å²) in [6.07, 6.45) is 0. The van der Waals surface area contributed by atoms with Crippen LogP contribution in [0.25, 0.3) is 0 Å². The van der Waals surface area contributed by atoms with Crippen LogP contribution in [0.5, 0.6) is 0 Å². The van der Waals surface area contributed by atoms with E-state index in [0.717, 1.165) is 13.3 Å². The Balaban J connectivity index is 2.43. The number of hydrogen-bond donors (Lipinski definition) is 0. The summed E-state index contributed by atoms with van der Waals surface area (Å²) in [5.41, 5.74) is 0. The smallest absolute Gasteiger partial charge is 0.0512 e. The van der Waals surface area contributed by atoms with Gasteiger partial charge in [0.2, 0.25) is 0 Å². The first-order valence-electron chi connectivity index (χ1n) is 9.18. The van der Waals surface area contributed by atoms with Crippen LogP contribution in [-0.2, 0) is 0 Å². The lowest BCUT2D eigenvalue weighted by molar-refractivity contribution is 0.0119. The molecule has 0 aromatic heterocycles. The summed E-state index contributed by atoms with van der Waals surface area (Å²) in [4.78, 5) is 10.4. The molecule has 4 nitrogen and oxygen atoms in total. The minimum Gasteiger partial charge on any atom is -0.288 e. The van der Waals surface area contributed by atoms with Gasteiger partial charge in [0.25, 0.3) is 0 Å². The zero-order chi connectivity index (χ0) is 16.9. The van der Waals surface area contributed by atoms with Crippen molar-refractivity contribution in [3.8, 4) is 0 Å². The quantitative estimate of drug-likeness (QED) is 0.683. The third-order valence-corrected chi connectivity index (χ3v) is 4.84. The van der Waals surface area contributed by atoms with Gasteiger partial charge in [-0.15, -0.1) is 0 Å². The Morgan fingerprint density at radius 3 is 0.955 bits per heavy atom. The molecule has 1 rings (SSSR count). The van der Waals surface area contributed by atoms with Crippen molar-refractivity contribution in [3.63, 3.8) is 0 Å². The number of piperazine rings is 1. The van der Waals surface area contributed by atoms with Gasteiger partial charge in [0, 0.05) is 50.3 Å². The molecule has 4 heteroatoms. The van der Waals surface area contributed by atoms with E-state index in [1.165, 1.54) is 26.2 Å². The van der Waals surface area contributed by atoms with Crippen molar-refractivity contribution in [2.75, 3.05) is 39.5 Å². The predicted octanol–water partition coefficient (Wildman–Crippen LogP) is 2.76. The van der Waals surface area contributed by atoms with E-state index in [9.17, 15) is 0 Å². The fourth-order valence-corrected chi connectivity index (χ4v) is 3.38. The van der Waals surface area contributed by atoms with E-state index in [2.05, 4.69) is 75.0 Å². The average molecular weight is 313 g/mol. The van der Waals surface area contributed by atoms with Gasteiger partial charge in [0.05, 0.1) is 13.3 Å². The molecule has 0 aromatic carbocycles. The predicted molar refractivity (Wildman–Crippen MR) is 97.1 cm³/mol. The minimum atomic E-state index is 0.621. The second kappa shape index (κ2) is 9.21. The van der Waals surface area contributed by atoms with E-state index in [1.54, 1.807) is 0 Å². The van der Waals surface area contributed by atoms with E-state index in [1.807, 2.05) is 0 Å². The molecule has 0 radical (unpaired) electrons. The highest BCUT2D eigenvalue weighted by Crippen LogP contribution is 2.12. The summed E-state index contributed by atoms with van der Waals surface area (Å²) in [6, 6.07) is 2.48. The molecule has 1 saturated heterocycles. The Kier molecular flexibility index (Phi) is 8.33. The van der Waals surface area contributed by atoms with Crippen LogP contribution in [0.3, 0.4) is 0 Å². The number of hydrogen-bond acceptors (Lipinski definition) is 4. The first kappa shape index (κ1) is 19.9. The van der Waals surface area contributed by atoms with Crippen LogP contribution in [0.2, 0.25) is 0 Å². The normalized spacial score (nSPS) is 18.8. The monoisotopic (exact) mass is 312 g/mol. The van der Waals surface area contributed by atoms with Gasteiger partial charge in [0.1, 0.15) is 0 Å². The largest absolute Gasteiger partial charge is 0.288 e. The van der Waals surface area contributed by atoms with Crippen LogP contribution in [0.4, 0.5) is 0 Å². The van der Waals surface area contributed by atoms with Gasteiger partial charge in [-0.2, -0.15) is 0 Å². The van der Waals surface area contributed by atoms with Gasteiger partial charge in [-0.05, 0) is 55.4 Å². The van der Waals surface area contributed by atoms with Crippen molar-refractivity contribution in [3.05, 3.63) is 0 Å². The van der Waals surface area contributed by atoms with Gasteiger partial charge >= 0.3 is 0 Å². The fourth-order valence-electron chi connectivity index (χ4n) is 3.38. The molecular weight excluding hydrogens is 272 g/mol. The number of nitrogens with zero attached hydrogens (tertiary/aromatic N) is 4. The Labute approximate surface area is 139 Å². The highest BCUT2D eigenvalue weighted by Gasteiger charge is 2.24. The molecule has 1 aliphatic rings. The molecule has 0 saturated carbocycles. The lowest BCUT2D eigenvalue weighted by atomic mass is 10.2. The maximum atomic E-state index is 2.62. The van der Waals surface area contributed by atoms with Gasteiger partial charge in [-0.25, -0.2) is 0 Å². The molecule has 22 heavy (non-hydrogen) atoms. The summed E-state index contributed by atoms with van der Waals surface area (Å²) in [7, 11) is 0. The molecule has 1 heterocycles. The van der Waals surface area contributed by atoms with E-state index < -0.39 is 0 Å². The van der Waals surface area contributed by atoms with Gasteiger partial charge in [0.15, 0.2) is 0 Å². The Morgan fingerprint density at radius 1 is 0.545 bits per heavy atom. The first-order chi connectivity index (χ1) is 10.2. The Hall–Kier alpha value is -0.160. The Morgan fingerprint density at radius 2 is 0.773 bits per heavy atom. The maximum absolute atomic E-state index is 2.62. The molecule has 0 N–H and O–H groups in total. The summed E-state index contributed by atoms with van der Waals surface area (Å²) < 4.78 is 0. The third-order valence-electron chi connectivity index (χ3n) is 4.84. The molecule has 0 atom stereocenters. The van der Waals surface area contributed by atoms with Crippen LogP contribution in [0.1, 0.15) is 55.4 Å². The van der Waals surface area contributed by atoms with Crippen molar-refractivity contribution in [1.29, 1.82) is 0 Å². The highest BCUT2D eigenvalue weighted by molar-refractivity contribution is 4.76. The maximum Gasteiger partial charge on any atom is 0.0512 e. The molecule has 0 aromatic rings. The summed E-state index contributed by atoms with van der Waals surface area (Å²) in [5, 5.41) is 0. The third kappa shape index (κ3) is 6.15. The standard InChI is InChI=1S/C18H40N4/c1-15(2)21(16(3)4)13-19-9-11-20(12-10-19)14-22(17(5)6)18(7)8/h15-18H,9-14H2,1-8H3. The first-order valence-corrected chi connectivity index (χ1v) is 9.18. The van der Waals surface area contributed by atoms with Crippen molar-refractivity contribution in [1.82, 2.24) is 19.6 Å². The minimum absolute atomic E-state index is 0.621. The molecule has 0 aliphatic carbocycles. The molecule has 1 aliphatic heterocycles. The van der Waals surface area contributed by atoms with Gasteiger partial charge in [-0.1, -0.05) is 0 Å². The second-order valence-electron chi connectivity index (χ2n) is 7.92. The van der Waals surface area contributed by atoms with Crippen molar-refractivity contribution < 1.29 is 0 Å². The van der Waals surface area contributed by atoms with E-state index in [-0.39, 0.29) is 0 Å². The lowest BCUT2D eigenvalue weighted by Crippen LogP contribution is -2.55. The van der Waals surface area contributed by atoms with Gasteiger partial charge < -0.3 is 0 Å². The van der Waals surface area contributed by atoms with Gasteiger partial charge in [-0.3, -0.25) is 19.6 Å². The van der Waals surface area contributed by atoms with Crippen LogP contribution in [0.15, 0.2) is 0 Å². The van der Waals surface area contributed by atoms with E-state index in [0.29, 0.717) is 24.2 Å². The average Bonchev–Trinajstić information content (AvgIpc) is 2.42.